The van der Waals surface area contributed by atoms with Gasteiger partial charge in [0.1, 0.15) is 0 Å². The summed E-state index contributed by atoms with van der Waals surface area (Å²) in [7, 11) is -3.08. The van der Waals surface area contributed by atoms with Crippen LogP contribution in [0.25, 0.3) is 0 Å². The molecule has 1 fully saturated rings. The number of hydrogen-bond acceptors (Lipinski definition) is 4. The first-order chi connectivity index (χ1) is 8.49. The lowest BCUT2D eigenvalue weighted by molar-refractivity contribution is -0.122. The molecule has 1 aliphatic heterocycles. The first-order valence-corrected chi connectivity index (χ1v) is 8.07. The normalized spacial score (nSPS) is 18.8. The van der Waals surface area contributed by atoms with Gasteiger partial charge in [-0.15, -0.1) is 0 Å². The van der Waals surface area contributed by atoms with E-state index in [0.717, 1.165) is 6.42 Å². The van der Waals surface area contributed by atoms with E-state index in [1.54, 1.807) is 6.92 Å². The summed E-state index contributed by atoms with van der Waals surface area (Å²) in [6.07, 6.45) is 0.925. The van der Waals surface area contributed by atoms with Crippen LogP contribution in [-0.2, 0) is 14.8 Å². The number of carbonyl (C=O) groups is 1. The average molecular weight is 277 g/mol. The van der Waals surface area contributed by atoms with Gasteiger partial charge in [0.2, 0.25) is 15.9 Å². The Bertz CT molecular complexity index is 362. The number of amides is 1. The number of hydrogen-bond donors (Lipinski definition) is 1. The molecule has 0 spiro atoms. The van der Waals surface area contributed by atoms with Gasteiger partial charge in [0, 0.05) is 32.7 Å². The summed E-state index contributed by atoms with van der Waals surface area (Å²) in [5.41, 5.74) is 0. The van der Waals surface area contributed by atoms with Crippen molar-refractivity contribution in [3.63, 3.8) is 0 Å². The van der Waals surface area contributed by atoms with Crippen molar-refractivity contribution in [3.8, 4) is 0 Å². The van der Waals surface area contributed by atoms with Gasteiger partial charge in [0.25, 0.3) is 0 Å². The van der Waals surface area contributed by atoms with E-state index in [0.29, 0.717) is 39.3 Å². The van der Waals surface area contributed by atoms with E-state index in [-0.39, 0.29) is 11.7 Å². The molecule has 0 radical (unpaired) electrons. The molecule has 1 aliphatic rings. The molecule has 0 aromatic heterocycles. The summed E-state index contributed by atoms with van der Waals surface area (Å²) < 4.78 is 24.8. The molecule has 1 N–H and O–H groups in total. The maximum Gasteiger partial charge on any atom is 0.234 e. The number of rotatable bonds is 6. The van der Waals surface area contributed by atoms with Gasteiger partial charge in [-0.25, -0.2) is 8.42 Å². The molecule has 7 heteroatoms. The van der Waals surface area contributed by atoms with Crippen LogP contribution in [0.2, 0.25) is 0 Å². The molecule has 6 nitrogen and oxygen atoms in total. The lowest BCUT2D eigenvalue weighted by atomic mass is 10.3. The van der Waals surface area contributed by atoms with Gasteiger partial charge in [-0.05, 0) is 13.3 Å². The second-order valence-electron chi connectivity index (χ2n) is 4.43. The summed E-state index contributed by atoms with van der Waals surface area (Å²) >= 11 is 0. The number of piperazine rings is 1. The molecule has 0 aliphatic carbocycles. The SMILES string of the molecule is CCCNC(=O)CN1CCN(S(=O)(=O)CC)CC1. The van der Waals surface area contributed by atoms with Crippen LogP contribution < -0.4 is 5.32 Å². The third-order valence-electron chi connectivity index (χ3n) is 3.03. The van der Waals surface area contributed by atoms with Crippen molar-refractivity contribution in [1.29, 1.82) is 0 Å². The quantitative estimate of drug-likeness (QED) is 0.709. The van der Waals surface area contributed by atoms with Crippen LogP contribution in [0.4, 0.5) is 0 Å². The summed E-state index contributed by atoms with van der Waals surface area (Å²) in [4.78, 5) is 13.5. The van der Waals surface area contributed by atoms with Crippen LogP contribution >= 0.6 is 0 Å². The number of nitrogens with one attached hydrogen (secondary N) is 1. The Hall–Kier alpha value is -0.660. The maximum absolute atomic E-state index is 11.7. The molecule has 0 bridgehead atoms. The van der Waals surface area contributed by atoms with Crippen LogP contribution in [-0.4, -0.2) is 68.6 Å². The smallest absolute Gasteiger partial charge is 0.234 e. The van der Waals surface area contributed by atoms with Crippen LogP contribution in [0.1, 0.15) is 20.3 Å². The Balaban J connectivity index is 2.34. The number of nitrogens with zero attached hydrogens (tertiary/aromatic N) is 2. The van der Waals surface area contributed by atoms with Crippen molar-refractivity contribution in [2.24, 2.45) is 0 Å². The van der Waals surface area contributed by atoms with E-state index in [2.05, 4.69) is 5.32 Å². The monoisotopic (exact) mass is 277 g/mol. The Morgan fingerprint density at radius 3 is 2.28 bits per heavy atom. The van der Waals surface area contributed by atoms with E-state index in [4.69, 9.17) is 0 Å². The van der Waals surface area contributed by atoms with Crippen molar-refractivity contribution >= 4 is 15.9 Å². The lowest BCUT2D eigenvalue weighted by Crippen LogP contribution is -2.51. The van der Waals surface area contributed by atoms with Crippen molar-refractivity contribution in [2.45, 2.75) is 20.3 Å². The first-order valence-electron chi connectivity index (χ1n) is 6.46. The lowest BCUT2D eigenvalue weighted by Gasteiger charge is -2.33. The zero-order valence-electron chi connectivity index (χ0n) is 11.2. The molecule has 0 atom stereocenters. The van der Waals surface area contributed by atoms with Gasteiger partial charge in [-0.2, -0.15) is 4.31 Å². The van der Waals surface area contributed by atoms with E-state index >= 15 is 0 Å². The number of sulfonamides is 1. The topological polar surface area (TPSA) is 69.7 Å². The van der Waals surface area contributed by atoms with Crippen LogP contribution in [0.3, 0.4) is 0 Å². The van der Waals surface area contributed by atoms with Gasteiger partial charge in [-0.1, -0.05) is 6.92 Å². The molecule has 1 amide bonds. The zero-order valence-corrected chi connectivity index (χ0v) is 12.0. The standard InChI is InChI=1S/C11H23N3O3S/c1-3-5-12-11(15)10-13-6-8-14(9-7-13)18(16,17)4-2/h3-10H2,1-2H3,(H,12,15). The minimum atomic E-state index is -3.08. The average Bonchev–Trinajstić information content (AvgIpc) is 2.37. The molecule has 0 aromatic carbocycles. The largest absolute Gasteiger partial charge is 0.355 e. The Morgan fingerprint density at radius 1 is 1.17 bits per heavy atom. The highest BCUT2D eigenvalue weighted by atomic mass is 32.2. The molecule has 1 heterocycles. The molecule has 1 rings (SSSR count). The zero-order chi connectivity index (χ0) is 13.6. The fraction of sp³-hybridized carbons (Fsp3) is 0.909. The third-order valence-corrected chi connectivity index (χ3v) is 4.91. The highest BCUT2D eigenvalue weighted by Crippen LogP contribution is 2.07. The van der Waals surface area contributed by atoms with Gasteiger partial charge in [0.15, 0.2) is 0 Å². The minimum Gasteiger partial charge on any atom is -0.355 e. The minimum absolute atomic E-state index is 0.0173. The molecular weight excluding hydrogens is 254 g/mol. The van der Waals surface area contributed by atoms with Crippen LogP contribution in [0, 0.1) is 0 Å². The van der Waals surface area contributed by atoms with Crippen molar-refractivity contribution < 1.29 is 13.2 Å². The Labute approximate surface area is 109 Å². The fourth-order valence-electron chi connectivity index (χ4n) is 1.87. The molecule has 0 aromatic rings. The summed E-state index contributed by atoms with van der Waals surface area (Å²) in [6, 6.07) is 0. The van der Waals surface area contributed by atoms with Crippen molar-refractivity contribution in [2.75, 3.05) is 45.0 Å². The Kier molecular flexibility index (Phi) is 6.04. The highest BCUT2D eigenvalue weighted by molar-refractivity contribution is 7.89. The van der Waals surface area contributed by atoms with Gasteiger partial charge < -0.3 is 5.32 Å². The van der Waals surface area contributed by atoms with E-state index < -0.39 is 10.0 Å². The van der Waals surface area contributed by atoms with Gasteiger partial charge >= 0.3 is 0 Å². The molecule has 0 unspecified atom stereocenters. The summed E-state index contributed by atoms with van der Waals surface area (Å²) in [6.45, 7) is 6.93. The fourth-order valence-corrected chi connectivity index (χ4v) is 2.96. The predicted octanol–water partition coefficient (Wildman–Crippen LogP) is -0.520. The van der Waals surface area contributed by atoms with E-state index in [1.165, 1.54) is 4.31 Å². The second kappa shape index (κ2) is 7.06. The highest BCUT2D eigenvalue weighted by Gasteiger charge is 2.25. The van der Waals surface area contributed by atoms with Crippen LogP contribution in [0.5, 0.6) is 0 Å². The third kappa shape index (κ3) is 4.55. The second-order valence-corrected chi connectivity index (χ2v) is 6.68. The predicted molar refractivity (Wildman–Crippen MR) is 70.8 cm³/mol. The van der Waals surface area contributed by atoms with Gasteiger partial charge in [0.05, 0.1) is 12.3 Å². The van der Waals surface area contributed by atoms with E-state index in [1.807, 2.05) is 11.8 Å². The summed E-state index contributed by atoms with van der Waals surface area (Å²) in [5.74, 6) is 0.160. The molecule has 106 valence electrons. The molecule has 18 heavy (non-hydrogen) atoms. The van der Waals surface area contributed by atoms with Crippen LogP contribution in [0.15, 0.2) is 0 Å². The van der Waals surface area contributed by atoms with Gasteiger partial charge in [-0.3, -0.25) is 9.69 Å². The number of carbonyl (C=O) groups excluding carboxylic acids is 1. The molecule has 1 saturated heterocycles. The Morgan fingerprint density at radius 2 is 1.78 bits per heavy atom. The molecular formula is C11H23N3O3S. The first kappa shape index (κ1) is 15.4. The van der Waals surface area contributed by atoms with Crippen molar-refractivity contribution in [1.82, 2.24) is 14.5 Å². The summed E-state index contributed by atoms with van der Waals surface area (Å²) in [5, 5.41) is 2.82. The van der Waals surface area contributed by atoms with E-state index in [9.17, 15) is 13.2 Å². The molecule has 0 saturated carbocycles. The van der Waals surface area contributed by atoms with Crippen molar-refractivity contribution in [3.05, 3.63) is 0 Å². The maximum atomic E-state index is 11.7.